The van der Waals surface area contributed by atoms with Crippen molar-refractivity contribution in [1.82, 2.24) is 15.1 Å². The molecule has 5 nitrogen and oxygen atoms in total. The quantitative estimate of drug-likeness (QED) is 0.850. The first-order valence-electron chi connectivity index (χ1n) is 9.41. The van der Waals surface area contributed by atoms with Crippen LogP contribution < -0.4 is 0 Å². The second-order valence-corrected chi connectivity index (χ2v) is 7.44. The highest BCUT2D eigenvalue weighted by atomic mass is 16.5. The number of benzene rings is 1. The second-order valence-electron chi connectivity index (χ2n) is 7.44. The lowest BCUT2D eigenvalue weighted by atomic mass is 9.73. The monoisotopic (exact) mass is 351 g/mol. The highest BCUT2D eigenvalue weighted by Gasteiger charge is 2.46. The van der Waals surface area contributed by atoms with Gasteiger partial charge in [-0.05, 0) is 50.3 Å². The molecule has 0 N–H and O–H groups in total. The molecule has 1 aliphatic heterocycles. The Labute approximate surface area is 154 Å². The van der Waals surface area contributed by atoms with Gasteiger partial charge in [0.05, 0.1) is 24.1 Å². The van der Waals surface area contributed by atoms with Crippen molar-refractivity contribution in [3.63, 3.8) is 0 Å². The highest BCUT2D eigenvalue weighted by Crippen LogP contribution is 2.52. The van der Waals surface area contributed by atoms with Crippen LogP contribution in [0.4, 0.5) is 0 Å². The molecule has 1 fully saturated rings. The topological polar surface area (TPSA) is 55.3 Å². The van der Waals surface area contributed by atoms with Crippen LogP contribution >= 0.6 is 0 Å². The number of piperidine rings is 1. The van der Waals surface area contributed by atoms with Gasteiger partial charge in [0.15, 0.2) is 0 Å². The zero-order chi connectivity index (χ0) is 18.1. The van der Waals surface area contributed by atoms with Gasteiger partial charge in [-0.2, -0.15) is 10.2 Å². The number of hydrogen-bond acceptors (Lipinski definition) is 4. The molecule has 1 aromatic carbocycles. The van der Waals surface area contributed by atoms with Crippen LogP contribution in [-0.2, 0) is 10.2 Å². The van der Waals surface area contributed by atoms with E-state index in [0.29, 0.717) is 5.56 Å². The number of amides is 1. The van der Waals surface area contributed by atoms with Crippen molar-refractivity contribution in [3.8, 4) is 0 Å². The number of rotatable bonds is 3. The van der Waals surface area contributed by atoms with Gasteiger partial charge in [-0.1, -0.05) is 23.8 Å². The van der Waals surface area contributed by atoms with E-state index in [1.807, 2.05) is 4.90 Å². The molecule has 1 spiro atoms. The maximum atomic E-state index is 12.7. The summed E-state index contributed by atoms with van der Waals surface area (Å²) in [4.78, 5) is 14.7. The molecule has 0 saturated carbocycles. The summed E-state index contributed by atoms with van der Waals surface area (Å²) in [5.74, 6) is 0.0542. The summed E-state index contributed by atoms with van der Waals surface area (Å²) in [6.07, 6.45) is 6.29. The summed E-state index contributed by atoms with van der Waals surface area (Å²) in [7, 11) is 0. The smallest absolute Gasteiger partial charge is 0.255 e. The molecule has 1 aliphatic carbocycles. The van der Waals surface area contributed by atoms with Crippen molar-refractivity contribution >= 4 is 5.91 Å². The van der Waals surface area contributed by atoms with Crippen molar-refractivity contribution in [2.75, 3.05) is 19.7 Å². The van der Waals surface area contributed by atoms with Crippen LogP contribution in [0.2, 0.25) is 0 Å². The molecule has 2 aliphatic rings. The third kappa shape index (κ3) is 2.90. The highest BCUT2D eigenvalue weighted by molar-refractivity contribution is 5.93. The van der Waals surface area contributed by atoms with Gasteiger partial charge < -0.3 is 9.64 Å². The Morgan fingerprint density at radius 2 is 2.08 bits per heavy atom. The van der Waals surface area contributed by atoms with Gasteiger partial charge in [0.1, 0.15) is 0 Å². The van der Waals surface area contributed by atoms with E-state index in [-0.39, 0.29) is 17.4 Å². The minimum absolute atomic E-state index is 0.0542. The second kappa shape index (κ2) is 6.80. The molecule has 5 heteroatoms. The van der Waals surface area contributed by atoms with Crippen LogP contribution in [-0.4, -0.2) is 40.7 Å². The van der Waals surface area contributed by atoms with E-state index in [1.54, 1.807) is 18.5 Å². The molecule has 0 radical (unpaired) electrons. The summed E-state index contributed by atoms with van der Waals surface area (Å²) in [6, 6.07) is 8.48. The molecule has 4 rings (SSSR count). The number of aromatic nitrogens is 2. The van der Waals surface area contributed by atoms with Crippen molar-refractivity contribution in [1.29, 1.82) is 0 Å². The lowest BCUT2D eigenvalue weighted by molar-refractivity contribution is 0.0381. The van der Waals surface area contributed by atoms with E-state index in [4.69, 9.17) is 4.74 Å². The Kier molecular flexibility index (Phi) is 4.49. The van der Waals surface area contributed by atoms with Crippen molar-refractivity contribution in [2.45, 2.75) is 44.6 Å². The van der Waals surface area contributed by atoms with Gasteiger partial charge in [0, 0.05) is 25.1 Å². The average molecular weight is 351 g/mol. The molecule has 1 saturated heterocycles. The number of aryl methyl sites for hydroxylation is 1. The van der Waals surface area contributed by atoms with E-state index in [0.717, 1.165) is 39.0 Å². The maximum Gasteiger partial charge on any atom is 0.255 e. The van der Waals surface area contributed by atoms with Gasteiger partial charge in [-0.3, -0.25) is 4.79 Å². The predicted molar refractivity (Wildman–Crippen MR) is 99.0 cm³/mol. The molecule has 0 unspecified atom stereocenters. The Morgan fingerprint density at radius 3 is 2.77 bits per heavy atom. The molecular formula is C21H25N3O2. The molecule has 1 amide bonds. The van der Waals surface area contributed by atoms with E-state index < -0.39 is 0 Å². The summed E-state index contributed by atoms with van der Waals surface area (Å²) in [5.41, 5.74) is 4.82. The lowest BCUT2D eigenvalue weighted by Crippen LogP contribution is -2.44. The van der Waals surface area contributed by atoms with E-state index in [1.165, 1.54) is 16.7 Å². The number of ether oxygens (including phenoxy) is 1. The third-order valence-corrected chi connectivity index (χ3v) is 5.91. The first-order chi connectivity index (χ1) is 12.6. The zero-order valence-corrected chi connectivity index (χ0v) is 15.4. The normalized spacial score (nSPS) is 21.0. The average Bonchev–Trinajstić information content (AvgIpc) is 2.95. The Hall–Kier alpha value is -2.27. The fourth-order valence-corrected chi connectivity index (χ4v) is 4.55. The molecule has 1 atom stereocenters. The lowest BCUT2D eigenvalue weighted by Gasteiger charge is -2.40. The van der Waals surface area contributed by atoms with Gasteiger partial charge in [-0.15, -0.1) is 0 Å². The van der Waals surface area contributed by atoms with Crippen LogP contribution in [0.5, 0.6) is 0 Å². The van der Waals surface area contributed by atoms with Crippen LogP contribution in [0.25, 0.3) is 0 Å². The fraction of sp³-hybridized carbons (Fsp3) is 0.476. The minimum Gasteiger partial charge on any atom is -0.374 e. The summed E-state index contributed by atoms with van der Waals surface area (Å²) in [5, 5.41) is 7.58. The summed E-state index contributed by atoms with van der Waals surface area (Å²) >= 11 is 0. The zero-order valence-electron chi connectivity index (χ0n) is 15.4. The largest absolute Gasteiger partial charge is 0.374 e. The third-order valence-electron chi connectivity index (χ3n) is 5.91. The summed E-state index contributed by atoms with van der Waals surface area (Å²) in [6.45, 7) is 6.48. The van der Waals surface area contributed by atoms with Crippen LogP contribution in [0, 0.1) is 6.92 Å². The number of likely N-dealkylation sites (tertiary alicyclic amines) is 1. The molecular weight excluding hydrogens is 326 g/mol. The van der Waals surface area contributed by atoms with E-state index >= 15 is 0 Å². The standard InChI is InChI=1S/C21H25N3O2/c1-3-26-19-13-21(18-12-15(2)4-5-17(18)19)7-10-24(11-8-21)20(25)16-6-9-22-23-14-16/h4-6,9,12,14,19H,3,7-8,10-11,13H2,1-2H3/t19-/m1/s1. The number of fused-ring (bicyclic) bond motifs is 2. The van der Waals surface area contributed by atoms with E-state index in [9.17, 15) is 4.79 Å². The van der Waals surface area contributed by atoms with Gasteiger partial charge >= 0.3 is 0 Å². The SMILES string of the molecule is CCO[C@@H]1CC2(CCN(C(=O)c3ccnnc3)CC2)c2cc(C)ccc21. The maximum absolute atomic E-state index is 12.7. The molecule has 136 valence electrons. The first kappa shape index (κ1) is 17.2. The number of carbonyl (C=O) groups excluding carboxylic acids is 1. The molecule has 2 aromatic rings. The Morgan fingerprint density at radius 1 is 1.27 bits per heavy atom. The number of carbonyl (C=O) groups is 1. The first-order valence-corrected chi connectivity index (χ1v) is 9.41. The van der Waals surface area contributed by atoms with E-state index in [2.05, 4.69) is 42.2 Å². The molecule has 1 aromatic heterocycles. The number of nitrogens with zero attached hydrogens (tertiary/aromatic N) is 3. The Bertz CT molecular complexity index is 798. The molecule has 26 heavy (non-hydrogen) atoms. The molecule has 0 bridgehead atoms. The summed E-state index contributed by atoms with van der Waals surface area (Å²) < 4.78 is 6.04. The molecule has 2 heterocycles. The van der Waals surface area contributed by atoms with Crippen molar-refractivity contribution < 1.29 is 9.53 Å². The van der Waals surface area contributed by atoms with Crippen molar-refractivity contribution in [2.24, 2.45) is 0 Å². The fourth-order valence-electron chi connectivity index (χ4n) is 4.55. The van der Waals surface area contributed by atoms with Gasteiger partial charge in [0.25, 0.3) is 5.91 Å². The minimum atomic E-state index is 0.0542. The van der Waals surface area contributed by atoms with Crippen LogP contribution in [0.3, 0.4) is 0 Å². The Balaban J connectivity index is 1.55. The predicted octanol–water partition coefficient (Wildman–Crippen LogP) is 3.44. The number of hydrogen-bond donors (Lipinski definition) is 0. The van der Waals surface area contributed by atoms with Crippen molar-refractivity contribution in [3.05, 3.63) is 58.9 Å². The van der Waals surface area contributed by atoms with Gasteiger partial charge in [0.2, 0.25) is 0 Å². The van der Waals surface area contributed by atoms with Gasteiger partial charge in [-0.25, -0.2) is 0 Å². The van der Waals surface area contributed by atoms with Crippen LogP contribution in [0.15, 0.2) is 36.7 Å². The van der Waals surface area contributed by atoms with Crippen LogP contribution in [0.1, 0.15) is 59.3 Å².